The average molecular weight is 653 g/mol. The number of fused-ring (bicyclic) bond motifs is 2. The zero-order valence-corrected chi connectivity index (χ0v) is 28.1. The molecule has 0 saturated heterocycles. The Bertz CT molecular complexity index is 1900. The molecule has 1 unspecified atom stereocenters. The number of rotatable bonds is 5. The molecule has 10 nitrogen and oxygen atoms in total. The molecule has 4 heterocycles. The van der Waals surface area contributed by atoms with Gasteiger partial charge in [-0.2, -0.15) is 0 Å². The van der Waals surface area contributed by atoms with Gasteiger partial charge in [0.05, 0.1) is 35.5 Å². The van der Waals surface area contributed by atoms with Gasteiger partial charge in [-0.1, -0.05) is 12.1 Å². The summed E-state index contributed by atoms with van der Waals surface area (Å²) in [5.74, 6) is 4.76. The molecule has 4 aromatic carbocycles. The molecule has 1 N–H and O–H groups in total. The zero-order valence-electron chi connectivity index (χ0n) is 28.1. The molecule has 0 spiro atoms. The van der Waals surface area contributed by atoms with Crippen LogP contribution in [0.5, 0.6) is 57.5 Å². The highest BCUT2D eigenvalue weighted by Gasteiger charge is 2.38. The van der Waals surface area contributed by atoms with Crippen LogP contribution in [-0.2, 0) is 25.7 Å². The molecule has 6 bridgehead atoms. The van der Waals surface area contributed by atoms with E-state index >= 15 is 0 Å². The highest BCUT2D eigenvalue weighted by atomic mass is 16.6. The van der Waals surface area contributed by atoms with Crippen molar-refractivity contribution < 1.29 is 38.3 Å². The molecule has 0 fully saturated rings. The Balaban J connectivity index is 1.51. The molecule has 48 heavy (non-hydrogen) atoms. The first-order valence-corrected chi connectivity index (χ1v) is 16.0. The summed E-state index contributed by atoms with van der Waals surface area (Å²) in [5.41, 5.74) is 6.74. The van der Waals surface area contributed by atoms with Gasteiger partial charge in [-0.3, -0.25) is 9.89 Å². The average Bonchev–Trinajstić information content (AvgIpc) is 3.10. The first-order valence-electron chi connectivity index (χ1n) is 16.0. The highest BCUT2D eigenvalue weighted by Crippen LogP contribution is 2.56. The second kappa shape index (κ2) is 12.8. The maximum absolute atomic E-state index is 11.3. The van der Waals surface area contributed by atoms with E-state index in [9.17, 15) is 5.11 Å². The lowest BCUT2D eigenvalue weighted by Crippen LogP contribution is -2.34. The van der Waals surface area contributed by atoms with Crippen molar-refractivity contribution >= 4 is 5.71 Å². The molecule has 0 aliphatic carbocycles. The van der Waals surface area contributed by atoms with Crippen molar-refractivity contribution in [1.29, 1.82) is 0 Å². The van der Waals surface area contributed by atoms with E-state index in [1.807, 2.05) is 36.4 Å². The summed E-state index contributed by atoms with van der Waals surface area (Å²) in [4.78, 5) is 7.20. The van der Waals surface area contributed by atoms with Crippen LogP contribution in [0.1, 0.15) is 39.4 Å². The fourth-order valence-electron chi connectivity index (χ4n) is 7.11. The molecule has 1 atom stereocenters. The Morgan fingerprint density at radius 1 is 0.771 bits per heavy atom. The first-order chi connectivity index (χ1) is 23.4. The van der Waals surface area contributed by atoms with Crippen molar-refractivity contribution in [2.45, 2.75) is 31.7 Å². The summed E-state index contributed by atoms with van der Waals surface area (Å²) in [6.45, 7) is 1.43. The molecular formula is C38H40N2O8. The van der Waals surface area contributed by atoms with Crippen molar-refractivity contribution in [3.8, 4) is 57.5 Å². The molecule has 250 valence electrons. The topological polar surface area (TPSA) is 100 Å². The number of phenolic OH excluding ortho intramolecular Hbond substituents is 1. The number of hydrogen-bond acceptors (Lipinski definition) is 10. The molecule has 0 aromatic heterocycles. The molecule has 10 heteroatoms. The normalized spacial score (nSPS) is 16.7. The summed E-state index contributed by atoms with van der Waals surface area (Å²) in [6.07, 6.45) is 2.53. The summed E-state index contributed by atoms with van der Waals surface area (Å²) < 4.78 is 42.9. The lowest BCUT2D eigenvalue weighted by atomic mass is 9.86. The summed E-state index contributed by atoms with van der Waals surface area (Å²) in [7, 11) is 10.1. The standard InChI is InChI=1S/C38H40N2O8/c1-40-14-12-25-34-28(40)16-23-18-32(31(43-3)20-29(23)41)47-24-9-7-21(8-10-24)15-27-26-19-33(30(42-2)17-22(26)11-13-39-27)48-36(34)38(46-6)37(45-5)35(25)44-4/h7-10,17-20,28,41H,11-16H2,1-6H3. The third kappa shape index (κ3) is 5.39. The van der Waals surface area contributed by atoms with E-state index < -0.39 is 0 Å². The summed E-state index contributed by atoms with van der Waals surface area (Å²) >= 11 is 0. The van der Waals surface area contributed by atoms with Crippen LogP contribution in [0.2, 0.25) is 0 Å². The maximum atomic E-state index is 11.3. The first kappa shape index (κ1) is 31.5. The minimum atomic E-state index is -0.261. The Morgan fingerprint density at radius 3 is 2.19 bits per heavy atom. The van der Waals surface area contributed by atoms with Crippen molar-refractivity contribution in [3.63, 3.8) is 0 Å². The maximum Gasteiger partial charge on any atom is 0.208 e. The zero-order chi connectivity index (χ0) is 33.5. The van der Waals surface area contributed by atoms with Crippen LogP contribution in [0.4, 0.5) is 0 Å². The monoisotopic (exact) mass is 652 g/mol. The van der Waals surface area contributed by atoms with E-state index in [1.54, 1.807) is 41.6 Å². The summed E-state index contributed by atoms with van der Waals surface area (Å²) in [6, 6.07) is 15.2. The van der Waals surface area contributed by atoms with Gasteiger partial charge in [-0.25, -0.2) is 0 Å². The van der Waals surface area contributed by atoms with E-state index in [4.69, 9.17) is 38.2 Å². The van der Waals surface area contributed by atoms with Crippen LogP contribution < -0.4 is 33.2 Å². The number of benzene rings is 4. The van der Waals surface area contributed by atoms with Gasteiger partial charge in [0.2, 0.25) is 11.5 Å². The largest absolute Gasteiger partial charge is 0.508 e. The van der Waals surface area contributed by atoms with Crippen LogP contribution in [0.25, 0.3) is 0 Å². The number of methoxy groups -OCH3 is 5. The van der Waals surface area contributed by atoms with Gasteiger partial charge in [0, 0.05) is 54.0 Å². The Labute approximate surface area is 280 Å². The van der Waals surface area contributed by atoms with Crippen LogP contribution in [0, 0.1) is 0 Å². The van der Waals surface area contributed by atoms with E-state index in [0.29, 0.717) is 83.1 Å². The van der Waals surface area contributed by atoms with Gasteiger partial charge in [0.1, 0.15) is 11.5 Å². The number of nitrogens with zero attached hydrogens (tertiary/aromatic N) is 2. The fourth-order valence-corrected chi connectivity index (χ4v) is 7.11. The second-order valence-corrected chi connectivity index (χ2v) is 12.2. The Hall–Kier alpha value is -5.09. The minimum absolute atomic E-state index is 0.0996. The van der Waals surface area contributed by atoms with Crippen molar-refractivity contribution in [3.05, 3.63) is 81.9 Å². The van der Waals surface area contributed by atoms with E-state index in [2.05, 4.69) is 18.0 Å². The van der Waals surface area contributed by atoms with Gasteiger partial charge >= 0.3 is 0 Å². The van der Waals surface area contributed by atoms with Crippen molar-refractivity contribution in [1.82, 2.24) is 4.90 Å². The van der Waals surface area contributed by atoms with Crippen molar-refractivity contribution in [2.24, 2.45) is 4.99 Å². The fraction of sp³-hybridized carbons (Fsp3) is 0.342. The quantitative estimate of drug-likeness (QED) is 0.253. The van der Waals surface area contributed by atoms with Crippen LogP contribution in [0.15, 0.2) is 53.5 Å². The van der Waals surface area contributed by atoms with E-state index in [1.165, 1.54) is 0 Å². The Kier molecular flexibility index (Phi) is 8.43. The predicted octanol–water partition coefficient (Wildman–Crippen LogP) is 6.69. The summed E-state index contributed by atoms with van der Waals surface area (Å²) in [5, 5.41) is 11.3. The van der Waals surface area contributed by atoms with Gasteiger partial charge in [0.25, 0.3) is 0 Å². The van der Waals surface area contributed by atoms with Gasteiger partial charge in [0.15, 0.2) is 34.5 Å². The molecule has 4 aliphatic heterocycles. The SMILES string of the molecule is COc1cc(O)c2cc1Oc1ccc(cc1)CC1=NCCc3cc(OC)c(cc31)Oc1c(OC)c(OC)c(OC)c3c1C(C2)N(C)CC3. The number of likely N-dealkylation sites (N-methyl/N-ethyl adjacent to an activating group) is 1. The van der Waals surface area contributed by atoms with Crippen LogP contribution in [0.3, 0.4) is 0 Å². The third-order valence-electron chi connectivity index (χ3n) is 9.55. The molecule has 4 aliphatic rings. The lowest BCUT2D eigenvalue weighted by molar-refractivity contribution is 0.215. The number of aliphatic imine (C=N–C) groups is 1. The van der Waals surface area contributed by atoms with E-state index in [0.717, 1.165) is 46.5 Å². The van der Waals surface area contributed by atoms with Gasteiger partial charge < -0.3 is 38.3 Å². The number of aromatic hydroxyl groups is 1. The Morgan fingerprint density at radius 2 is 1.48 bits per heavy atom. The van der Waals surface area contributed by atoms with Gasteiger partial charge in [-0.05, 0) is 73.3 Å². The van der Waals surface area contributed by atoms with E-state index in [-0.39, 0.29) is 11.8 Å². The number of hydrogen-bond donors (Lipinski definition) is 1. The highest BCUT2D eigenvalue weighted by molar-refractivity contribution is 6.04. The number of phenols is 1. The molecular weight excluding hydrogens is 612 g/mol. The second-order valence-electron chi connectivity index (χ2n) is 12.2. The van der Waals surface area contributed by atoms with Gasteiger partial charge in [-0.15, -0.1) is 0 Å². The molecule has 0 amide bonds. The van der Waals surface area contributed by atoms with Crippen LogP contribution >= 0.6 is 0 Å². The predicted molar refractivity (Wildman–Crippen MR) is 182 cm³/mol. The number of ether oxygens (including phenoxy) is 7. The minimum Gasteiger partial charge on any atom is -0.508 e. The molecule has 0 radical (unpaired) electrons. The smallest absolute Gasteiger partial charge is 0.208 e. The molecule has 4 aromatic rings. The van der Waals surface area contributed by atoms with Crippen LogP contribution in [-0.4, -0.2) is 71.4 Å². The third-order valence-corrected chi connectivity index (χ3v) is 9.55. The molecule has 0 saturated carbocycles. The molecule has 8 rings (SSSR count). The lowest BCUT2D eigenvalue weighted by Gasteiger charge is -2.37. The van der Waals surface area contributed by atoms with Crippen molar-refractivity contribution in [2.75, 3.05) is 55.7 Å².